The Bertz CT molecular complexity index is 1090. The largest absolute Gasteiger partial charge is 0.507 e. The Hall–Kier alpha value is -3.52. The summed E-state index contributed by atoms with van der Waals surface area (Å²) in [6.07, 6.45) is 0.639. The molecule has 1 unspecified atom stereocenters. The van der Waals surface area contributed by atoms with Crippen LogP contribution in [-0.4, -0.2) is 73.1 Å². The van der Waals surface area contributed by atoms with E-state index in [1.807, 2.05) is 19.0 Å². The molecule has 8 nitrogen and oxygen atoms in total. The Labute approximate surface area is 193 Å². The summed E-state index contributed by atoms with van der Waals surface area (Å²) in [4.78, 5) is 29.6. The quantitative estimate of drug-likeness (QED) is 0.359. The van der Waals surface area contributed by atoms with Crippen LogP contribution in [0.2, 0.25) is 0 Å². The molecule has 1 heterocycles. The first-order chi connectivity index (χ1) is 15.7. The van der Waals surface area contributed by atoms with Gasteiger partial charge in [-0.15, -0.1) is 0 Å². The van der Waals surface area contributed by atoms with Gasteiger partial charge < -0.3 is 29.5 Å². The zero-order chi connectivity index (χ0) is 24.3. The van der Waals surface area contributed by atoms with Gasteiger partial charge in [0.05, 0.1) is 25.8 Å². The first kappa shape index (κ1) is 24.1. The molecular weight excluding hydrogens is 424 g/mol. The number of methoxy groups -OCH3 is 2. The fourth-order valence-corrected chi connectivity index (χ4v) is 4.07. The number of phenolic OH excluding ortho intramolecular Hbond substituents is 1. The number of aryl methyl sites for hydroxylation is 1. The number of Topliss-reactive ketones (excluding diaryl/α,β-unsaturated/α-hetero) is 1. The second kappa shape index (κ2) is 9.95. The smallest absolute Gasteiger partial charge is 0.295 e. The normalized spacial score (nSPS) is 17.6. The van der Waals surface area contributed by atoms with Crippen LogP contribution in [-0.2, 0) is 9.59 Å². The van der Waals surface area contributed by atoms with E-state index >= 15 is 0 Å². The first-order valence-electron chi connectivity index (χ1n) is 10.6. The average Bonchev–Trinajstić information content (AvgIpc) is 3.03. The van der Waals surface area contributed by atoms with Crippen molar-refractivity contribution in [1.29, 1.82) is 0 Å². The van der Waals surface area contributed by atoms with Gasteiger partial charge in [-0.1, -0.05) is 6.07 Å². The maximum Gasteiger partial charge on any atom is 0.295 e. The van der Waals surface area contributed by atoms with Crippen molar-refractivity contribution in [2.24, 2.45) is 0 Å². The Morgan fingerprint density at radius 3 is 2.39 bits per heavy atom. The van der Waals surface area contributed by atoms with Gasteiger partial charge >= 0.3 is 0 Å². The minimum Gasteiger partial charge on any atom is -0.507 e. The van der Waals surface area contributed by atoms with Crippen molar-refractivity contribution >= 4 is 17.4 Å². The van der Waals surface area contributed by atoms with Crippen molar-refractivity contribution in [3.8, 4) is 17.2 Å². The molecule has 8 heteroatoms. The molecule has 1 atom stereocenters. The predicted molar refractivity (Wildman–Crippen MR) is 125 cm³/mol. The summed E-state index contributed by atoms with van der Waals surface area (Å²) >= 11 is 0. The molecule has 1 amide bonds. The lowest BCUT2D eigenvalue weighted by Gasteiger charge is -2.26. The summed E-state index contributed by atoms with van der Waals surface area (Å²) in [6, 6.07) is 8.96. The number of hydrogen-bond donors (Lipinski definition) is 2. The molecule has 1 saturated heterocycles. The van der Waals surface area contributed by atoms with E-state index in [0.717, 1.165) is 6.54 Å². The molecule has 0 aromatic heterocycles. The van der Waals surface area contributed by atoms with Gasteiger partial charge in [-0.25, -0.2) is 0 Å². The van der Waals surface area contributed by atoms with Crippen LogP contribution in [0.3, 0.4) is 0 Å². The number of aliphatic hydroxyl groups is 1. The Morgan fingerprint density at radius 2 is 1.82 bits per heavy atom. The summed E-state index contributed by atoms with van der Waals surface area (Å²) in [5, 5.41) is 21.6. The lowest BCUT2D eigenvalue weighted by Crippen LogP contribution is -2.32. The summed E-state index contributed by atoms with van der Waals surface area (Å²) in [5.41, 5.74) is 1.62. The van der Waals surface area contributed by atoms with Gasteiger partial charge in [0, 0.05) is 12.1 Å². The third-order valence-corrected chi connectivity index (χ3v) is 5.75. The number of rotatable bonds is 8. The van der Waals surface area contributed by atoms with Gasteiger partial charge in [0.25, 0.3) is 11.7 Å². The third kappa shape index (κ3) is 4.80. The standard InChI is InChI=1S/C25H30N2O6/c1-15-13-17(32-4)8-9-18(15)23(29)21-22(16-7-10-20(33-5)19(28)14-16)27(25(31)24(21)30)12-6-11-26(2)3/h7-10,13-14,22,28-29H,6,11-12H2,1-5H3/b23-21-. The maximum absolute atomic E-state index is 13.1. The predicted octanol–water partition coefficient (Wildman–Crippen LogP) is 3.09. The monoisotopic (exact) mass is 454 g/mol. The lowest BCUT2D eigenvalue weighted by atomic mass is 9.93. The van der Waals surface area contributed by atoms with Crippen molar-refractivity contribution in [1.82, 2.24) is 9.80 Å². The molecule has 0 radical (unpaired) electrons. The number of nitrogens with zero attached hydrogens (tertiary/aromatic N) is 2. The maximum atomic E-state index is 13.1. The molecule has 176 valence electrons. The van der Waals surface area contributed by atoms with E-state index in [-0.39, 0.29) is 22.8 Å². The van der Waals surface area contributed by atoms with E-state index in [0.29, 0.717) is 35.4 Å². The number of carbonyl (C=O) groups is 2. The number of hydrogen-bond acceptors (Lipinski definition) is 7. The SMILES string of the molecule is COc1ccc(/C(O)=C2/C(=O)C(=O)N(CCCN(C)C)C2c2ccc(OC)c(O)c2)c(C)c1. The van der Waals surface area contributed by atoms with Crippen molar-refractivity contribution in [3.05, 3.63) is 58.7 Å². The Kier molecular flexibility index (Phi) is 7.28. The Morgan fingerprint density at radius 1 is 1.09 bits per heavy atom. The van der Waals surface area contributed by atoms with Crippen LogP contribution in [0.15, 0.2) is 42.0 Å². The average molecular weight is 455 g/mol. The van der Waals surface area contributed by atoms with E-state index in [4.69, 9.17) is 9.47 Å². The number of benzene rings is 2. The summed E-state index contributed by atoms with van der Waals surface area (Å²) < 4.78 is 10.4. The zero-order valence-electron chi connectivity index (χ0n) is 19.6. The highest BCUT2D eigenvalue weighted by atomic mass is 16.5. The summed E-state index contributed by atoms with van der Waals surface area (Å²) in [5.74, 6) is -0.924. The van der Waals surface area contributed by atoms with Crippen molar-refractivity contribution in [2.45, 2.75) is 19.4 Å². The number of carbonyl (C=O) groups excluding carboxylic acids is 2. The van der Waals surface area contributed by atoms with Crippen LogP contribution in [0.4, 0.5) is 0 Å². The van der Waals surface area contributed by atoms with Crippen molar-refractivity contribution in [2.75, 3.05) is 41.4 Å². The molecule has 2 aromatic rings. The second-order valence-corrected chi connectivity index (χ2v) is 8.26. The fourth-order valence-electron chi connectivity index (χ4n) is 4.07. The molecule has 1 aliphatic heterocycles. The fraction of sp³-hybridized carbons (Fsp3) is 0.360. The molecule has 2 N–H and O–H groups in total. The van der Waals surface area contributed by atoms with Crippen molar-refractivity contribution < 1.29 is 29.3 Å². The first-order valence-corrected chi connectivity index (χ1v) is 10.6. The zero-order valence-corrected chi connectivity index (χ0v) is 19.6. The number of phenols is 1. The summed E-state index contributed by atoms with van der Waals surface area (Å²) in [6.45, 7) is 2.83. The molecule has 1 aliphatic rings. The molecule has 0 aliphatic carbocycles. The van der Waals surface area contributed by atoms with Crippen LogP contribution in [0, 0.1) is 6.92 Å². The number of aliphatic hydroxyl groups excluding tert-OH is 1. The highest BCUT2D eigenvalue weighted by molar-refractivity contribution is 6.46. The molecule has 0 spiro atoms. The van der Waals surface area contributed by atoms with E-state index < -0.39 is 17.7 Å². The molecule has 0 bridgehead atoms. The van der Waals surface area contributed by atoms with Gasteiger partial charge in [-0.2, -0.15) is 0 Å². The van der Waals surface area contributed by atoms with Crippen LogP contribution < -0.4 is 9.47 Å². The highest BCUT2D eigenvalue weighted by Gasteiger charge is 2.46. The minimum absolute atomic E-state index is 0.0114. The van der Waals surface area contributed by atoms with Crippen LogP contribution in [0.5, 0.6) is 17.2 Å². The molecule has 3 rings (SSSR count). The number of ether oxygens (including phenoxy) is 2. The summed E-state index contributed by atoms with van der Waals surface area (Å²) in [7, 11) is 6.84. The number of likely N-dealkylation sites (tertiary alicyclic amines) is 1. The second-order valence-electron chi connectivity index (χ2n) is 8.26. The minimum atomic E-state index is -0.842. The number of aromatic hydroxyl groups is 1. The molecular formula is C25H30N2O6. The van der Waals surface area contributed by atoms with E-state index in [1.54, 1.807) is 44.4 Å². The van der Waals surface area contributed by atoms with E-state index in [1.165, 1.54) is 18.1 Å². The number of ketones is 1. The van der Waals surface area contributed by atoms with Gasteiger partial charge in [-0.3, -0.25) is 9.59 Å². The molecule has 1 fully saturated rings. The lowest BCUT2D eigenvalue weighted by molar-refractivity contribution is -0.139. The van der Waals surface area contributed by atoms with Gasteiger partial charge in [0.1, 0.15) is 11.5 Å². The van der Waals surface area contributed by atoms with Crippen LogP contribution in [0.1, 0.15) is 29.2 Å². The molecule has 33 heavy (non-hydrogen) atoms. The Balaban J connectivity index is 2.15. The van der Waals surface area contributed by atoms with Gasteiger partial charge in [0.2, 0.25) is 0 Å². The topological polar surface area (TPSA) is 99.5 Å². The van der Waals surface area contributed by atoms with Crippen LogP contribution in [0.25, 0.3) is 5.76 Å². The van der Waals surface area contributed by atoms with E-state index in [2.05, 4.69) is 0 Å². The number of amides is 1. The highest BCUT2D eigenvalue weighted by Crippen LogP contribution is 2.42. The van der Waals surface area contributed by atoms with E-state index in [9.17, 15) is 19.8 Å². The third-order valence-electron chi connectivity index (χ3n) is 5.75. The van der Waals surface area contributed by atoms with Crippen molar-refractivity contribution in [3.63, 3.8) is 0 Å². The molecule has 2 aromatic carbocycles. The molecule has 0 saturated carbocycles. The van der Waals surface area contributed by atoms with Gasteiger partial charge in [0.15, 0.2) is 11.5 Å². The van der Waals surface area contributed by atoms with Crippen LogP contribution >= 0.6 is 0 Å². The van der Waals surface area contributed by atoms with Gasteiger partial charge in [-0.05, 0) is 75.4 Å².